The molecule has 0 saturated carbocycles. The van der Waals surface area contributed by atoms with E-state index in [1.165, 1.54) is 6.42 Å². The van der Waals surface area contributed by atoms with E-state index in [1.54, 1.807) is 19.4 Å². The van der Waals surface area contributed by atoms with Crippen LogP contribution in [0.2, 0.25) is 0 Å². The van der Waals surface area contributed by atoms with Crippen molar-refractivity contribution < 1.29 is 9.47 Å². The molecule has 2 rings (SSSR count). The Morgan fingerprint density at radius 2 is 2.53 bits per heavy atom. The van der Waals surface area contributed by atoms with Crippen LogP contribution in [0.3, 0.4) is 0 Å². The number of nitrogens with one attached hydrogen (secondary N) is 1. The molecule has 1 aromatic rings. The number of hydrogen-bond acceptors (Lipinski definition) is 5. The monoisotopic (exact) mass is 209 g/mol. The van der Waals surface area contributed by atoms with Gasteiger partial charge in [0, 0.05) is 18.3 Å². The van der Waals surface area contributed by atoms with Crippen LogP contribution >= 0.6 is 0 Å². The molecule has 0 spiro atoms. The average Bonchev–Trinajstić information content (AvgIpc) is 2.79. The fraction of sp³-hybridized carbons (Fsp3) is 0.600. The first-order chi connectivity index (χ1) is 7.38. The van der Waals surface area contributed by atoms with Crippen LogP contribution in [0.15, 0.2) is 12.3 Å². The lowest BCUT2D eigenvalue weighted by atomic mass is 10.2. The Labute approximate surface area is 88.8 Å². The van der Waals surface area contributed by atoms with Crippen molar-refractivity contribution in [2.45, 2.75) is 18.9 Å². The summed E-state index contributed by atoms with van der Waals surface area (Å²) >= 11 is 0. The number of rotatable bonds is 4. The molecule has 0 amide bonds. The van der Waals surface area contributed by atoms with Crippen molar-refractivity contribution in [3.8, 4) is 11.9 Å². The van der Waals surface area contributed by atoms with Crippen LogP contribution in [-0.2, 0) is 0 Å². The highest BCUT2D eigenvalue weighted by molar-refractivity contribution is 5.10. The van der Waals surface area contributed by atoms with Crippen LogP contribution in [0, 0.1) is 0 Å². The van der Waals surface area contributed by atoms with Gasteiger partial charge in [0.15, 0.2) is 0 Å². The molecule has 1 aliphatic rings. The molecule has 1 fully saturated rings. The van der Waals surface area contributed by atoms with Crippen molar-refractivity contribution in [3.05, 3.63) is 12.3 Å². The number of aromatic nitrogens is 2. The van der Waals surface area contributed by atoms with E-state index in [0.717, 1.165) is 13.0 Å². The first-order valence-electron chi connectivity index (χ1n) is 5.11. The van der Waals surface area contributed by atoms with Crippen LogP contribution in [0.5, 0.6) is 11.9 Å². The van der Waals surface area contributed by atoms with E-state index in [2.05, 4.69) is 15.3 Å². The second kappa shape index (κ2) is 4.93. The van der Waals surface area contributed by atoms with Crippen molar-refractivity contribution in [2.75, 3.05) is 20.3 Å². The van der Waals surface area contributed by atoms with Gasteiger partial charge in [-0.2, -0.15) is 4.98 Å². The average molecular weight is 209 g/mol. The van der Waals surface area contributed by atoms with Crippen LogP contribution in [0.4, 0.5) is 0 Å². The topological polar surface area (TPSA) is 56.3 Å². The van der Waals surface area contributed by atoms with Gasteiger partial charge in [-0.3, -0.25) is 0 Å². The summed E-state index contributed by atoms with van der Waals surface area (Å²) in [6, 6.07) is 2.50. The lowest BCUT2D eigenvalue weighted by Gasteiger charge is -2.10. The van der Waals surface area contributed by atoms with Crippen molar-refractivity contribution in [1.82, 2.24) is 15.3 Å². The minimum Gasteiger partial charge on any atom is -0.481 e. The van der Waals surface area contributed by atoms with Gasteiger partial charge < -0.3 is 14.8 Å². The van der Waals surface area contributed by atoms with E-state index in [-0.39, 0.29) is 0 Å². The lowest BCUT2D eigenvalue weighted by molar-refractivity contribution is 0.252. The molecule has 2 heterocycles. The quantitative estimate of drug-likeness (QED) is 0.787. The van der Waals surface area contributed by atoms with Gasteiger partial charge in [-0.05, 0) is 19.4 Å². The molecule has 1 unspecified atom stereocenters. The summed E-state index contributed by atoms with van der Waals surface area (Å²) in [7, 11) is 1.57. The third-order valence-electron chi connectivity index (χ3n) is 2.39. The number of hydrogen-bond donors (Lipinski definition) is 1. The Balaban J connectivity index is 1.86. The molecule has 1 N–H and O–H groups in total. The Morgan fingerprint density at radius 3 is 3.27 bits per heavy atom. The second-order valence-electron chi connectivity index (χ2n) is 3.49. The molecule has 0 radical (unpaired) electrons. The van der Waals surface area contributed by atoms with Gasteiger partial charge in [-0.15, -0.1) is 0 Å². The maximum absolute atomic E-state index is 5.47. The van der Waals surface area contributed by atoms with Crippen LogP contribution in [-0.4, -0.2) is 36.3 Å². The van der Waals surface area contributed by atoms with Gasteiger partial charge in [0.2, 0.25) is 5.88 Å². The minimum atomic E-state index is 0.378. The van der Waals surface area contributed by atoms with Crippen LogP contribution in [0.1, 0.15) is 12.8 Å². The zero-order chi connectivity index (χ0) is 10.5. The molecule has 82 valence electrons. The first kappa shape index (κ1) is 10.2. The fourth-order valence-corrected chi connectivity index (χ4v) is 1.58. The molecule has 15 heavy (non-hydrogen) atoms. The van der Waals surface area contributed by atoms with E-state index in [9.17, 15) is 0 Å². The minimum absolute atomic E-state index is 0.378. The summed E-state index contributed by atoms with van der Waals surface area (Å²) in [5, 5.41) is 3.34. The highest BCUT2D eigenvalue weighted by Gasteiger charge is 2.14. The molecule has 0 bridgehead atoms. The van der Waals surface area contributed by atoms with Gasteiger partial charge in [-0.25, -0.2) is 4.98 Å². The highest BCUT2D eigenvalue weighted by Crippen LogP contribution is 2.11. The van der Waals surface area contributed by atoms with E-state index in [1.807, 2.05) is 0 Å². The Kier molecular flexibility index (Phi) is 3.34. The third kappa shape index (κ3) is 2.79. The Hall–Kier alpha value is -1.36. The van der Waals surface area contributed by atoms with E-state index >= 15 is 0 Å². The molecule has 1 aliphatic heterocycles. The summed E-state index contributed by atoms with van der Waals surface area (Å²) in [6.45, 7) is 1.69. The summed E-state index contributed by atoms with van der Waals surface area (Å²) in [5.74, 6) is 0.527. The summed E-state index contributed by atoms with van der Waals surface area (Å²) in [4.78, 5) is 8.08. The first-order valence-corrected chi connectivity index (χ1v) is 5.11. The Morgan fingerprint density at radius 1 is 1.60 bits per heavy atom. The van der Waals surface area contributed by atoms with Gasteiger partial charge in [0.25, 0.3) is 0 Å². The van der Waals surface area contributed by atoms with Crippen molar-refractivity contribution in [2.24, 2.45) is 0 Å². The van der Waals surface area contributed by atoms with E-state index in [0.29, 0.717) is 24.5 Å². The number of methoxy groups -OCH3 is 1. The Bertz CT molecular complexity index is 313. The normalized spacial score (nSPS) is 20.2. The molecule has 5 nitrogen and oxygen atoms in total. The zero-order valence-electron chi connectivity index (χ0n) is 8.77. The zero-order valence-corrected chi connectivity index (χ0v) is 8.77. The SMILES string of the molecule is COc1ccnc(OCC2CCCN2)n1. The molecular formula is C10H15N3O2. The molecule has 0 aliphatic carbocycles. The van der Waals surface area contributed by atoms with Crippen LogP contribution in [0.25, 0.3) is 0 Å². The molecular weight excluding hydrogens is 194 g/mol. The molecule has 0 aromatic carbocycles. The maximum atomic E-state index is 5.47. The molecule has 5 heteroatoms. The second-order valence-corrected chi connectivity index (χ2v) is 3.49. The van der Waals surface area contributed by atoms with Gasteiger partial charge in [0.1, 0.15) is 6.61 Å². The van der Waals surface area contributed by atoms with E-state index < -0.39 is 0 Å². The standard InChI is InChI=1S/C10H15N3O2/c1-14-9-4-6-12-10(13-9)15-7-8-3-2-5-11-8/h4,6,8,11H,2-3,5,7H2,1H3. The number of ether oxygens (including phenoxy) is 2. The maximum Gasteiger partial charge on any atom is 0.319 e. The number of nitrogens with zero attached hydrogens (tertiary/aromatic N) is 2. The van der Waals surface area contributed by atoms with Crippen molar-refractivity contribution in [1.29, 1.82) is 0 Å². The van der Waals surface area contributed by atoms with Crippen molar-refractivity contribution >= 4 is 0 Å². The lowest BCUT2D eigenvalue weighted by Crippen LogP contribution is -2.28. The van der Waals surface area contributed by atoms with Gasteiger partial charge >= 0.3 is 6.01 Å². The predicted molar refractivity (Wildman–Crippen MR) is 55.1 cm³/mol. The molecule has 1 saturated heterocycles. The third-order valence-corrected chi connectivity index (χ3v) is 2.39. The van der Waals surface area contributed by atoms with Crippen molar-refractivity contribution in [3.63, 3.8) is 0 Å². The summed E-state index contributed by atoms with van der Waals surface area (Å²) in [6.07, 6.45) is 4.00. The molecule has 1 atom stereocenters. The van der Waals surface area contributed by atoms with E-state index in [4.69, 9.17) is 9.47 Å². The van der Waals surface area contributed by atoms with Gasteiger partial charge in [0.05, 0.1) is 7.11 Å². The summed E-state index contributed by atoms with van der Waals surface area (Å²) < 4.78 is 10.4. The highest BCUT2D eigenvalue weighted by atomic mass is 16.5. The smallest absolute Gasteiger partial charge is 0.319 e. The van der Waals surface area contributed by atoms with Gasteiger partial charge in [-0.1, -0.05) is 0 Å². The molecule has 1 aromatic heterocycles. The summed E-state index contributed by atoms with van der Waals surface area (Å²) in [5.41, 5.74) is 0. The fourth-order valence-electron chi connectivity index (χ4n) is 1.58. The predicted octanol–water partition coefficient (Wildman–Crippen LogP) is 0.616. The van der Waals surface area contributed by atoms with Crippen LogP contribution < -0.4 is 14.8 Å². The largest absolute Gasteiger partial charge is 0.481 e.